The Labute approximate surface area is 103 Å². The Morgan fingerprint density at radius 2 is 2.00 bits per heavy atom. The van der Waals surface area contributed by atoms with E-state index in [1.165, 1.54) is 0 Å². The summed E-state index contributed by atoms with van der Waals surface area (Å²) in [7, 11) is 0. The minimum atomic E-state index is 0. The fourth-order valence-electron chi connectivity index (χ4n) is 1.29. The average molecular weight is 243 g/mol. The Morgan fingerprint density at radius 1 is 1.31 bits per heavy atom. The summed E-state index contributed by atoms with van der Waals surface area (Å²) in [5.41, 5.74) is 1.97. The Balaban J connectivity index is 0.00000225. The summed E-state index contributed by atoms with van der Waals surface area (Å²) in [6.45, 7) is 5.31. The second kappa shape index (κ2) is 8.13. The molecule has 0 aliphatic heterocycles. The summed E-state index contributed by atoms with van der Waals surface area (Å²) in [6, 6.07) is 7.77. The lowest BCUT2D eigenvalue weighted by atomic mass is 10.2. The molecular formula is C12H19ClN2O. The first-order valence-electron chi connectivity index (χ1n) is 5.30. The van der Waals surface area contributed by atoms with Crippen LogP contribution < -0.4 is 10.6 Å². The van der Waals surface area contributed by atoms with Crippen LogP contribution in [0.4, 0.5) is 5.69 Å². The Bertz CT molecular complexity index is 329. The summed E-state index contributed by atoms with van der Waals surface area (Å²) >= 11 is 0. The maximum atomic E-state index is 11.5. The zero-order valence-electron chi connectivity index (χ0n) is 9.75. The predicted octanol–water partition coefficient (Wildman–Crippen LogP) is 2.35. The van der Waals surface area contributed by atoms with Crippen molar-refractivity contribution in [2.24, 2.45) is 0 Å². The molecule has 0 heterocycles. The molecule has 0 radical (unpaired) electrons. The quantitative estimate of drug-likeness (QED) is 0.779. The molecule has 1 rings (SSSR count). The van der Waals surface area contributed by atoms with Crippen LogP contribution >= 0.6 is 12.4 Å². The van der Waals surface area contributed by atoms with Crippen molar-refractivity contribution in [3.8, 4) is 0 Å². The van der Waals surface area contributed by atoms with Crippen molar-refractivity contribution in [2.45, 2.75) is 20.3 Å². The molecule has 0 atom stereocenters. The molecule has 0 unspecified atom stereocenters. The van der Waals surface area contributed by atoms with Crippen molar-refractivity contribution in [3.63, 3.8) is 0 Å². The average Bonchev–Trinajstić information content (AvgIpc) is 2.22. The number of carbonyl (C=O) groups is 1. The van der Waals surface area contributed by atoms with Gasteiger partial charge in [0.25, 0.3) is 0 Å². The molecule has 1 amide bonds. The van der Waals surface area contributed by atoms with Gasteiger partial charge in [-0.05, 0) is 31.5 Å². The molecule has 1 aromatic rings. The molecule has 16 heavy (non-hydrogen) atoms. The monoisotopic (exact) mass is 242 g/mol. The molecule has 1 aromatic carbocycles. The number of nitrogens with one attached hydrogen (secondary N) is 2. The van der Waals surface area contributed by atoms with Gasteiger partial charge in [0.1, 0.15) is 0 Å². The molecular weight excluding hydrogens is 224 g/mol. The van der Waals surface area contributed by atoms with Crippen LogP contribution in [0.1, 0.15) is 18.9 Å². The number of para-hydroxylation sites is 1. The Hall–Kier alpha value is -1.06. The van der Waals surface area contributed by atoms with Crippen LogP contribution in [0.3, 0.4) is 0 Å². The molecule has 0 aliphatic rings. The van der Waals surface area contributed by atoms with Gasteiger partial charge in [-0.25, -0.2) is 0 Å². The number of aryl methyl sites for hydroxylation is 1. The van der Waals surface area contributed by atoms with Gasteiger partial charge in [-0.15, -0.1) is 12.4 Å². The van der Waals surface area contributed by atoms with Gasteiger partial charge in [0, 0.05) is 5.69 Å². The van der Waals surface area contributed by atoms with E-state index in [1.807, 2.05) is 31.2 Å². The second-order valence-electron chi connectivity index (χ2n) is 3.54. The largest absolute Gasteiger partial charge is 0.325 e. The fraction of sp³-hybridized carbons (Fsp3) is 0.417. The molecule has 3 nitrogen and oxygen atoms in total. The third-order valence-electron chi connectivity index (χ3n) is 2.13. The van der Waals surface area contributed by atoms with Gasteiger partial charge in [0.15, 0.2) is 0 Å². The minimum Gasteiger partial charge on any atom is -0.325 e. The zero-order valence-corrected chi connectivity index (χ0v) is 10.6. The summed E-state index contributed by atoms with van der Waals surface area (Å²) < 4.78 is 0. The van der Waals surface area contributed by atoms with E-state index in [2.05, 4.69) is 17.6 Å². The van der Waals surface area contributed by atoms with Crippen LogP contribution in [0, 0.1) is 6.92 Å². The minimum absolute atomic E-state index is 0. The van der Waals surface area contributed by atoms with E-state index in [-0.39, 0.29) is 18.3 Å². The predicted molar refractivity (Wildman–Crippen MR) is 70.2 cm³/mol. The van der Waals surface area contributed by atoms with Crippen LogP contribution in [0.2, 0.25) is 0 Å². The lowest BCUT2D eigenvalue weighted by Gasteiger charge is -2.08. The van der Waals surface area contributed by atoms with Crippen molar-refractivity contribution in [2.75, 3.05) is 18.4 Å². The van der Waals surface area contributed by atoms with Gasteiger partial charge in [0.05, 0.1) is 6.54 Å². The Kier molecular flexibility index (Phi) is 7.60. The normalized spacial score (nSPS) is 9.38. The van der Waals surface area contributed by atoms with E-state index in [0.29, 0.717) is 6.54 Å². The summed E-state index contributed by atoms with van der Waals surface area (Å²) in [6.07, 6.45) is 1.04. The van der Waals surface area contributed by atoms with E-state index < -0.39 is 0 Å². The second-order valence-corrected chi connectivity index (χ2v) is 3.54. The van der Waals surface area contributed by atoms with Gasteiger partial charge in [-0.1, -0.05) is 25.1 Å². The molecule has 0 spiro atoms. The highest BCUT2D eigenvalue weighted by atomic mass is 35.5. The van der Waals surface area contributed by atoms with Crippen LogP contribution in [-0.4, -0.2) is 19.0 Å². The van der Waals surface area contributed by atoms with Gasteiger partial charge in [0.2, 0.25) is 5.91 Å². The molecule has 0 fully saturated rings. The third-order valence-corrected chi connectivity index (χ3v) is 2.13. The molecule has 0 aromatic heterocycles. The smallest absolute Gasteiger partial charge is 0.238 e. The molecule has 0 saturated heterocycles. The maximum absolute atomic E-state index is 11.5. The molecule has 0 bridgehead atoms. The number of amides is 1. The van der Waals surface area contributed by atoms with Crippen molar-refractivity contribution in [1.29, 1.82) is 0 Å². The highest BCUT2D eigenvalue weighted by Crippen LogP contribution is 2.12. The lowest BCUT2D eigenvalue weighted by Crippen LogP contribution is -2.28. The molecule has 4 heteroatoms. The van der Waals surface area contributed by atoms with E-state index in [1.54, 1.807) is 0 Å². The fourth-order valence-corrected chi connectivity index (χ4v) is 1.29. The first kappa shape index (κ1) is 14.9. The van der Waals surface area contributed by atoms with E-state index in [0.717, 1.165) is 24.2 Å². The van der Waals surface area contributed by atoms with E-state index in [4.69, 9.17) is 0 Å². The van der Waals surface area contributed by atoms with Crippen molar-refractivity contribution >= 4 is 24.0 Å². The van der Waals surface area contributed by atoms with E-state index >= 15 is 0 Å². The maximum Gasteiger partial charge on any atom is 0.238 e. The molecule has 90 valence electrons. The van der Waals surface area contributed by atoms with Crippen LogP contribution in [0.5, 0.6) is 0 Å². The van der Waals surface area contributed by atoms with Crippen LogP contribution in [0.25, 0.3) is 0 Å². The first-order valence-corrected chi connectivity index (χ1v) is 5.30. The SMILES string of the molecule is CCCNCC(=O)Nc1ccccc1C.Cl. The van der Waals surface area contributed by atoms with E-state index in [9.17, 15) is 4.79 Å². The number of rotatable bonds is 5. The van der Waals surface area contributed by atoms with Crippen molar-refractivity contribution < 1.29 is 4.79 Å². The molecule has 0 saturated carbocycles. The number of hydrogen-bond acceptors (Lipinski definition) is 2. The highest BCUT2D eigenvalue weighted by molar-refractivity contribution is 5.92. The Morgan fingerprint density at radius 3 is 2.62 bits per heavy atom. The first-order chi connectivity index (χ1) is 7.24. The summed E-state index contributed by atoms with van der Waals surface area (Å²) in [4.78, 5) is 11.5. The molecule has 0 aliphatic carbocycles. The van der Waals surface area contributed by atoms with Crippen molar-refractivity contribution in [3.05, 3.63) is 29.8 Å². The number of carbonyl (C=O) groups excluding carboxylic acids is 1. The van der Waals surface area contributed by atoms with Crippen molar-refractivity contribution in [1.82, 2.24) is 5.32 Å². The summed E-state index contributed by atoms with van der Waals surface area (Å²) in [5.74, 6) is 0.0118. The van der Waals surface area contributed by atoms with Crippen LogP contribution in [-0.2, 0) is 4.79 Å². The van der Waals surface area contributed by atoms with Gasteiger partial charge < -0.3 is 10.6 Å². The zero-order chi connectivity index (χ0) is 11.1. The van der Waals surface area contributed by atoms with Gasteiger partial charge >= 0.3 is 0 Å². The third kappa shape index (κ3) is 5.14. The lowest BCUT2D eigenvalue weighted by molar-refractivity contribution is -0.115. The number of hydrogen-bond donors (Lipinski definition) is 2. The summed E-state index contributed by atoms with van der Waals surface area (Å²) in [5, 5.41) is 5.93. The standard InChI is InChI=1S/C12H18N2O.ClH/c1-3-8-13-9-12(15)14-11-7-5-4-6-10(11)2;/h4-7,13H,3,8-9H2,1-2H3,(H,14,15);1H. The van der Waals surface area contributed by atoms with Crippen LogP contribution in [0.15, 0.2) is 24.3 Å². The topological polar surface area (TPSA) is 41.1 Å². The molecule has 2 N–H and O–H groups in total. The van der Waals surface area contributed by atoms with Gasteiger partial charge in [-0.2, -0.15) is 0 Å². The number of anilines is 1. The number of benzene rings is 1. The highest BCUT2D eigenvalue weighted by Gasteiger charge is 2.02. The van der Waals surface area contributed by atoms with Gasteiger partial charge in [-0.3, -0.25) is 4.79 Å². The number of halogens is 1.